The van der Waals surface area contributed by atoms with E-state index in [1.165, 1.54) is 122 Å². The van der Waals surface area contributed by atoms with Crippen LogP contribution in [-0.4, -0.2) is 37.2 Å². The summed E-state index contributed by atoms with van der Waals surface area (Å²) in [6.45, 7) is 6.56. The molecular formula is C60H104O6. The van der Waals surface area contributed by atoms with Crippen molar-refractivity contribution in [3.8, 4) is 0 Å². The Balaban J connectivity index is 4.46. The minimum Gasteiger partial charge on any atom is -0.462 e. The summed E-state index contributed by atoms with van der Waals surface area (Å²) in [6, 6.07) is 0. The smallest absolute Gasteiger partial charge is 0.306 e. The van der Waals surface area contributed by atoms with Gasteiger partial charge in [0.25, 0.3) is 0 Å². The van der Waals surface area contributed by atoms with Crippen molar-refractivity contribution in [3.05, 3.63) is 72.9 Å². The molecular weight excluding hydrogens is 817 g/mol. The third kappa shape index (κ3) is 51.8. The van der Waals surface area contributed by atoms with E-state index in [0.29, 0.717) is 19.3 Å². The first-order valence-corrected chi connectivity index (χ1v) is 27.9. The Morgan fingerprint density at radius 2 is 0.545 bits per heavy atom. The van der Waals surface area contributed by atoms with Crippen molar-refractivity contribution in [2.45, 2.75) is 277 Å². The Hall–Kier alpha value is -3.15. The molecule has 0 radical (unpaired) electrons. The summed E-state index contributed by atoms with van der Waals surface area (Å²) in [5.74, 6) is -0.927. The van der Waals surface area contributed by atoms with Gasteiger partial charge in [0.15, 0.2) is 6.10 Å². The highest BCUT2D eigenvalue weighted by molar-refractivity contribution is 5.71. The van der Waals surface area contributed by atoms with E-state index in [9.17, 15) is 14.4 Å². The van der Waals surface area contributed by atoms with Crippen molar-refractivity contribution in [1.29, 1.82) is 0 Å². The molecule has 0 fully saturated rings. The maximum absolute atomic E-state index is 12.8. The predicted molar refractivity (Wildman–Crippen MR) is 284 cm³/mol. The highest BCUT2D eigenvalue weighted by Gasteiger charge is 2.19. The number of rotatable bonds is 50. The maximum atomic E-state index is 12.8. The molecule has 0 heterocycles. The third-order valence-corrected chi connectivity index (χ3v) is 11.9. The van der Waals surface area contributed by atoms with Crippen LogP contribution in [0.1, 0.15) is 271 Å². The van der Waals surface area contributed by atoms with Crippen LogP contribution in [0, 0.1) is 0 Å². The second kappa shape index (κ2) is 54.5. The van der Waals surface area contributed by atoms with E-state index >= 15 is 0 Å². The minimum atomic E-state index is -0.795. The lowest BCUT2D eigenvalue weighted by Crippen LogP contribution is -2.30. The number of allylic oxidation sites excluding steroid dienone is 12. The molecule has 0 aromatic rings. The van der Waals surface area contributed by atoms with E-state index in [-0.39, 0.29) is 31.1 Å². The first kappa shape index (κ1) is 62.8. The van der Waals surface area contributed by atoms with Gasteiger partial charge >= 0.3 is 17.9 Å². The molecule has 0 unspecified atom stereocenters. The normalized spacial score (nSPS) is 12.6. The Morgan fingerprint density at radius 1 is 0.303 bits per heavy atom. The Labute approximate surface area is 408 Å². The average Bonchev–Trinajstić information content (AvgIpc) is 3.31. The zero-order valence-corrected chi connectivity index (χ0v) is 43.4. The molecule has 0 saturated heterocycles. The van der Waals surface area contributed by atoms with Crippen LogP contribution >= 0.6 is 0 Å². The van der Waals surface area contributed by atoms with Gasteiger partial charge in [-0.25, -0.2) is 0 Å². The van der Waals surface area contributed by atoms with Crippen LogP contribution in [-0.2, 0) is 28.6 Å². The van der Waals surface area contributed by atoms with Gasteiger partial charge in [-0.15, -0.1) is 0 Å². The Morgan fingerprint density at radius 3 is 0.879 bits per heavy atom. The van der Waals surface area contributed by atoms with Crippen LogP contribution in [0.4, 0.5) is 0 Å². The van der Waals surface area contributed by atoms with Crippen LogP contribution in [0.25, 0.3) is 0 Å². The van der Waals surface area contributed by atoms with Gasteiger partial charge in [-0.2, -0.15) is 0 Å². The largest absolute Gasteiger partial charge is 0.462 e. The molecule has 0 aliphatic heterocycles. The molecule has 6 heteroatoms. The zero-order chi connectivity index (χ0) is 47.9. The van der Waals surface area contributed by atoms with Crippen molar-refractivity contribution < 1.29 is 28.6 Å². The van der Waals surface area contributed by atoms with Crippen molar-refractivity contribution in [2.75, 3.05) is 13.2 Å². The third-order valence-electron chi connectivity index (χ3n) is 11.9. The van der Waals surface area contributed by atoms with E-state index in [4.69, 9.17) is 14.2 Å². The average molecular weight is 921 g/mol. The van der Waals surface area contributed by atoms with Gasteiger partial charge in [-0.3, -0.25) is 14.4 Å². The molecule has 0 N–H and O–H groups in total. The number of hydrogen-bond donors (Lipinski definition) is 0. The molecule has 0 rings (SSSR count). The molecule has 0 spiro atoms. The highest BCUT2D eigenvalue weighted by Crippen LogP contribution is 2.15. The van der Waals surface area contributed by atoms with Crippen LogP contribution in [0.5, 0.6) is 0 Å². The molecule has 0 aliphatic rings. The topological polar surface area (TPSA) is 78.9 Å². The number of hydrogen-bond acceptors (Lipinski definition) is 6. The maximum Gasteiger partial charge on any atom is 0.306 e. The second-order valence-electron chi connectivity index (χ2n) is 18.5. The van der Waals surface area contributed by atoms with Crippen molar-refractivity contribution >= 4 is 17.9 Å². The number of carbonyl (C=O) groups excluding carboxylic acids is 3. The van der Waals surface area contributed by atoms with E-state index in [1.54, 1.807) is 0 Å². The SMILES string of the molecule is CCCCC/C=C/C/C=C/C/C=C/CCCCCCC(=O)OC[C@@H](COC(=O)CCCCCCCCCCCCCCCC)OC(=O)CCCCCC/C=C/C/C=C/C/C=C/CCCCC. The van der Waals surface area contributed by atoms with Crippen molar-refractivity contribution in [3.63, 3.8) is 0 Å². The Bertz CT molecular complexity index is 1240. The lowest BCUT2D eigenvalue weighted by atomic mass is 10.0. The minimum absolute atomic E-state index is 0.0901. The number of esters is 3. The standard InChI is InChI=1S/C60H104O6/c1-4-7-10-13-16-19-22-25-28-30-32-35-38-41-44-47-50-53-59(62)65-56-57(55-64-58(61)52-49-46-43-40-37-34-27-24-21-18-15-12-9-6-3)66-60(63)54-51-48-45-42-39-36-33-31-29-26-23-20-17-14-11-8-5-2/h16-17,19-20,25-26,28-29,32-33,35-36,57H,4-15,18,21-24,27,30-31,34,37-56H2,1-3H3/b19-16+,20-17+,28-25+,29-26+,35-32+,36-33+/t57-/m1/s1. The first-order chi connectivity index (χ1) is 32.5. The molecule has 0 aliphatic carbocycles. The fourth-order valence-corrected chi connectivity index (χ4v) is 7.69. The van der Waals surface area contributed by atoms with Gasteiger partial charge in [0.1, 0.15) is 13.2 Å². The molecule has 0 amide bonds. The second-order valence-corrected chi connectivity index (χ2v) is 18.5. The van der Waals surface area contributed by atoms with Crippen LogP contribution in [0.3, 0.4) is 0 Å². The summed E-state index contributed by atoms with van der Waals surface area (Å²) in [5.41, 5.74) is 0. The predicted octanol–water partition coefficient (Wildman–Crippen LogP) is 18.6. The molecule has 0 aromatic carbocycles. The number of ether oxygens (including phenoxy) is 3. The van der Waals surface area contributed by atoms with E-state index in [2.05, 4.69) is 93.7 Å². The summed E-state index contributed by atoms with van der Waals surface area (Å²) >= 11 is 0. The number of carbonyl (C=O) groups is 3. The van der Waals surface area contributed by atoms with Crippen LogP contribution < -0.4 is 0 Å². The number of unbranched alkanes of at least 4 members (excludes halogenated alkanes) is 27. The summed E-state index contributed by atoms with van der Waals surface area (Å²) in [6.07, 6.45) is 68.8. The molecule has 0 bridgehead atoms. The molecule has 0 aromatic heterocycles. The van der Waals surface area contributed by atoms with Crippen molar-refractivity contribution in [1.82, 2.24) is 0 Å². The van der Waals surface area contributed by atoms with Gasteiger partial charge in [0, 0.05) is 19.3 Å². The molecule has 6 nitrogen and oxygen atoms in total. The quantitative estimate of drug-likeness (QED) is 0.0262. The summed E-state index contributed by atoms with van der Waals surface area (Å²) in [5, 5.41) is 0. The highest BCUT2D eigenvalue weighted by atomic mass is 16.6. The van der Waals surface area contributed by atoms with Gasteiger partial charge in [-0.05, 0) is 96.3 Å². The van der Waals surface area contributed by atoms with E-state index in [1.807, 2.05) is 0 Å². The lowest BCUT2D eigenvalue weighted by Gasteiger charge is -2.18. The zero-order valence-electron chi connectivity index (χ0n) is 43.4. The molecule has 380 valence electrons. The van der Waals surface area contributed by atoms with Gasteiger partial charge < -0.3 is 14.2 Å². The molecule has 1 atom stereocenters. The van der Waals surface area contributed by atoms with Crippen LogP contribution in [0.2, 0.25) is 0 Å². The lowest BCUT2D eigenvalue weighted by molar-refractivity contribution is -0.167. The summed E-state index contributed by atoms with van der Waals surface area (Å²) in [4.78, 5) is 38.1. The summed E-state index contributed by atoms with van der Waals surface area (Å²) < 4.78 is 16.8. The Kier molecular flexibility index (Phi) is 51.9. The van der Waals surface area contributed by atoms with E-state index in [0.717, 1.165) is 109 Å². The summed E-state index contributed by atoms with van der Waals surface area (Å²) in [7, 11) is 0. The monoisotopic (exact) mass is 921 g/mol. The fraction of sp³-hybridized carbons (Fsp3) is 0.750. The molecule has 0 saturated carbocycles. The molecule has 66 heavy (non-hydrogen) atoms. The first-order valence-electron chi connectivity index (χ1n) is 27.9. The van der Waals surface area contributed by atoms with E-state index < -0.39 is 6.10 Å². The van der Waals surface area contributed by atoms with Gasteiger partial charge in [-0.1, -0.05) is 229 Å². The van der Waals surface area contributed by atoms with Gasteiger partial charge in [0.05, 0.1) is 0 Å². The van der Waals surface area contributed by atoms with Crippen molar-refractivity contribution in [2.24, 2.45) is 0 Å². The fourth-order valence-electron chi connectivity index (χ4n) is 7.69. The van der Waals surface area contributed by atoms with Crippen LogP contribution in [0.15, 0.2) is 72.9 Å². The van der Waals surface area contributed by atoms with Gasteiger partial charge in [0.2, 0.25) is 0 Å².